The summed E-state index contributed by atoms with van der Waals surface area (Å²) in [6.07, 6.45) is 1.96. The van der Waals surface area contributed by atoms with E-state index in [0.29, 0.717) is 5.92 Å². The van der Waals surface area contributed by atoms with Crippen molar-refractivity contribution in [3.05, 3.63) is 28.8 Å². The Balaban J connectivity index is 2.41. The maximum atomic E-state index is 13.1. The van der Waals surface area contributed by atoms with Crippen molar-refractivity contribution in [3.63, 3.8) is 0 Å². The van der Waals surface area contributed by atoms with E-state index < -0.39 is 10.0 Å². The van der Waals surface area contributed by atoms with E-state index in [9.17, 15) is 13.2 Å². The highest BCUT2D eigenvalue weighted by Crippen LogP contribution is 2.33. The van der Waals surface area contributed by atoms with Crippen LogP contribution in [-0.4, -0.2) is 37.4 Å². The molecule has 5 nitrogen and oxygen atoms in total. The van der Waals surface area contributed by atoms with Gasteiger partial charge in [0.15, 0.2) is 0 Å². The molecule has 1 aliphatic carbocycles. The monoisotopic (exact) mass is 386 g/mol. The van der Waals surface area contributed by atoms with Gasteiger partial charge in [0.05, 0.1) is 15.5 Å². The van der Waals surface area contributed by atoms with Crippen LogP contribution in [0.4, 0.5) is 0 Å². The van der Waals surface area contributed by atoms with Crippen molar-refractivity contribution in [2.45, 2.75) is 70.5 Å². The van der Waals surface area contributed by atoms with Crippen LogP contribution in [-0.2, 0) is 10.0 Å². The molecule has 140 valence electrons. The molecule has 1 aromatic carbocycles. The molecule has 1 fully saturated rings. The first-order valence-electron chi connectivity index (χ1n) is 8.69. The van der Waals surface area contributed by atoms with Gasteiger partial charge in [0.2, 0.25) is 10.0 Å². The van der Waals surface area contributed by atoms with Crippen LogP contribution < -0.4 is 4.72 Å². The Morgan fingerprint density at radius 2 is 1.80 bits per heavy atom. The first-order valence-corrected chi connectivity index (χ1v) is 10.5. The van der Waals surface area contributed by atoms with Crippen LogP contribution in [0.2, 0.25) is 5.02 Å². The van der Waals surface area contributed by atoms with Crippen molar-refractivity contribution < 1.29 is 13.2 Å². The molecule has 0 aliphatic heterocycles. The first kappa shape index (κ1) is 20.2. The van der Waals surface area contributed by atoms with E-state index in [-0.39, 0.29) is 39.5 Å². The lowest BCUT2D eigenvalue weighted by Gasteiger charge is -2.32. The van der Waals surface area contributed by atoms with Gasteiger partial charge in [-0.15, -0.1) is 0 Å². The minimum Gasteiger partial charge on any atom is -0.333 e. The fourth-order valence-electron chi connectivity index (χ4n) is 2.71. The number of carbonyl (C=O) groups is 1. The van der Waals surface area contributed by atoms with Crippen LogP contribution in [0, 0.1) is 5.92 Å². The molecule has 0 bridgehead atoms. The number of sulfonamides is 1. The SMILES string of the molecule is CC(C)NS(=O)(=O)c1ccc(Cl)c(C(=O)N(C2CC2)C(C)C(C)C)c1. The van der Waals surface area contributed by atoms with Crippen molar-refractivity contribution >= 4 is 27.5 Å². The predicted molar refractivity (Wildman–Crippen MR) is 100 cm³/mol. The minimum absolute atomic E-state index is 0.0573. The Morgan fingerprint density at radius 3 is 2.28 bits per heavy atom. The highest BCUT2D eigenvalue weighted by molar-refractivity contribution is 7.89. The zero-order valence-corrected chi connectivity index (χ0v) is 17.0. The molecule has 2 rings (SSSR count). The number of hydrogen-bond donors (Lipinski definition) is 1. The molecule has 0 saturated heterocycles. The summed E-state index contributed by atoms with van der Waals surface area (Å²) in [6, 6.07) is 4.34. The standard InChI is InChI=1S/C18H27ClN2O3S/c1-11(2)13(5)21(14-6-7-14)18(22)16-10-15(8-9-17(16)19)25(23,24)20-12(3)4/h8-14,20H,6-7H2,1-5H3. The Hall–Kier alpha value is -1.11. The molecule has 0 aromatic heterocycles. The second-order valence-corrected chi connectivity index (χ2v) is 9.47. The molecule has 1 aromatic rings. The normalized spacial score (nSPS) is 16.3. The van der Waals surface area contributed by atoms with Gasteiger partial charge in [-0.25, -0.2) is 13.1 Å². The molecule has 1 N–H and O–H groups in total. The number of nitrogens with one attached hydrogen (secondary N) is 1. The average molecular weight is 387 g/mol. The molecule has 0 radical (unpaired) electrons. The molecule has 1 unspecified atom stereocenters. The zero-order valence-electron chi connectivity index (χ0n) is 15.4. The number of benzene rings is 1. The van der Waals surface area contributed by atoms with Crippen molar-refractivity contribution in [2.24, 2.45) is 5.92 Å². The van der Waals surface area contributed by atoms with Gasteiger partial charge < -0.3 is 4.90 Å². The summed E-state index contributed by atoms with van der Waals surface area (Å²) in [5.41, 5.74) is 0.243. The maximum absolute atomic E-state index is 13.1. The van der Waals surface area contributed by atoms with Gasteiger partial charge in [-0.1, -0.05) is 25.4 Å². The Labute approximate surface area is 155 Å². The lowest BCUT2D eigenvalue weighted by molar-refractivity contribution is 0.0628. The zero-order chi connectivity index (χ0) is 18.9. The average Bonchev–Trinajstić information content (AvgIpc) is 3.30. The van der Waals surface area contributed by atoms with Crippen LogP contribution in [0.25, 0.3) is 0 Å². The van der Waals surface area contributed by atoms with Gasteiger partial charge in [-0.2, -0.15) is 0 Å². The Bertz CT molecular complexity index is 743. The van der Waals surface area contributed by atoms with E-state index in [2.05, 4.69) is 18.6 Å². The van der Waals surface area contributed by atoms with E-state index in [1.54, 1.807) is 13.8 Å². The smallest absolute Gasteiger partial charge is 0.255 e. The van der Waals surface area contributed by atoms with Crippen LogP contribution in [0.5, 0.6) is 0 Å². The summed E-state index contributed by atoms with van der Waals surface area (Å²) in [4.78, 5) is 15.0. The fourth-order valence-corrected chi connectivity index (χ4v) is 4.19. The van der Waals surface area contributed by atoms with E-state index in [0.717, 1.165) is 12.8 Å². The quantitative estimate of drug-likeness (QED) is 0.777. The van der Waals surface area contributed by atoms with Crippen molar-refractivity contribution in [3.8, 4) is 0 Å². The van der Waals surface area contributed by atoms with E-state index in [4.69, 9.17) is 11.6 Å². The molecule has 25 heavy (non-hydrogen) atoms. The topological polar surface area (TPSA) is 66.5 Å². The lowest BCUT2D eigenvalue weighted by atomic mass is 10.0. The number of rotatable bonds is 7. The predicted octanol–water partition coefficient (Wildman–Crippen LogP) is 3.68. The third kappa shape index (κ3) is 4.74. The largest absolute Gasteiger partial charge is 0.333 e. The second kappa shape index (κ2) is 7.64. The summed E-state index contributed by atoms with van der Waals surface area (Å²) in [6.45, 7) is 9.66. The first-order chi connectivity index (χ1) is 11.5. The van der Waals surface area contributed by atoms with Crippen molar-refractivity contribution in [1.29, 1.82) is 0 Å². The maximum Gasteiger partial charge on any atom is 0.255 e. The van der Waals surface area contributed by atoms with Gasteiger partial charge >= 0.3 is 0 Å². The highest BCUT2D eigenvalue weighted by atomic mass is 35.5. The minimum atomic E-state index is -3.68. The second-order valence-electron chi connectivity index (χ2n) is 7.35. The molecule has 1 aliphatic rings. The highest BCUT2D eigenvalue weighted by Gasteiger charge is 2.38. The number of carbonyl (C=O) groups excluding carboxylic acids is 1. The van der Waals surface area contributed by atoms with Crippen LogP contribution in [0.1, 0.15) is 57.8 Å². The molecule has 1 atom stereocenters. The van der Waals surface area contributed by atoms with Crippen molar-refractivity contribution in [1.82, 2.24) is 9.62 Å². The van der Waals surface area contributed by atoms with Gasteiger partial charge in [0.1, 0.15) is 0 Å². The van der Waals surface area contributed by atoms with Crippen LogP contribution in [0.15, 0.2) is 23.1 Å². The molecule has 7 heteroatoms. The van der Waals surface area contributed by atoms with E-state index in [1.165, 1.54) is 18.2 Å². The Kier molecular flexibility index (Phi) is 6.17. The Morgan fingerprint density at radius 1 is 1.20 bits per heavy atom. The third-order valence-corrected chi connectivity index (χ3v) is 6.43. The van der Waals surface area contributed by atoms with Gasteiger partial charge in [0, 0.05) is 18.1 Å². The number of amides is 1. The lowest BCUT2D eigenvalue weighted by Crippen LogP contribution is -2.43. The number of halogens is 1. The van der Waals surface area contributed by atoms with Crippen molar-refractivity contribution in [2.75, 3.05) is 0 Å². The molecular formula is C18H27ClN2O3S. The molecule has 0 spiro atoms. The molecule has 1 amide bonds. The summed E-state index contributed by atoms with van der Waals surface area (Å²) in [5.74, 6) is 0.105. The summed E-state index contributed by atoms with van der Waals surface area (Å²) in [5, 5.41) is 0.273. The van der Waals surface area contributed by atoms with Gasteiger partial charge in [-0.05, 0) is 57.7 Å². The van der Waals surface area contributed by atoms with Gasteiger partial charge in [-0.3, -0.25) is 4.79 Å². The molecule has 0 heterocycles. The van der Waals surface area contributed by atoms with Crippen LogP contribution in [0.3, 0.4) is 0 Å². The number of nitrogens with zero attached hydrogens (tertiary/aromatic N) is 1. The molecular weight excluding hydrogens is 360 g/mol. The number of hydrogen-bond acceptors (Lipinski definition) is 3. The fraction of sp³-hybridized carbons (Fsp3) is 0.611. The van der Waals surface area contributed by atoms with Gasteiger partial charge in [0.25, 0.3) is 5.91 Å². The molecule has 1 saturated carbocycles. The van der Waals surface area contributed by atoms with Crippen LogP contribution >= 0.6 is 11.6 Å². The third-order valence-electron chi connectivity index (χ3n) is 4.45. The van der Waals surface area contributed by atoms with E-state index in [1.807, 2.05) is 11.8 Å². The summed E-state index contributed by atoms with van der Waals surface area (Å²) in [7, 11) is -3.68. The summed E-state index contributed by atoms with van der Waals surface area (Å²) >= 11 is 6.24. The summed E-state index contributed by atoms with van der Waals surface area (Å²) < 4.78 is 27.3. The van der Waals surface area contributed by atoms with E-state index >= 15 is 0 Å².